The van der Waals surface area contributed by atoms with Gasteiger partial charge in [-0.05, 0) is 31.3 Å². The molecule has 0 saturated carbocycles. The quantitative estimate of drug-likeness (QED) is 0.764. The molecule has 0 atom stereocenters. The fraction of sp³-hybridized carbons (Fsp3) is 0.923. The van der Waals surface area contributed by atoms with Gasteiger partial charge in [-0.15, -0.1) is 0 Å². The van der Waals surface area contributed by atoms with Gasteiger partial charge >= 0.3 is 0 Å². The smallest absolute Gasteiger partial charge is 0.222 e. The van der Waals surface area contributed by atoms with E-state index in [1.54, 1.807) is 0 Å². The fourth-order valence-electron chi connectivity index (χ4n) is 1.73. The summed E-state index contributed by atoms with van der Waals surface area (Å²) in [5, 5.41) is 6.22. The molecule has 1 heterocycles. The zero-order valence-corrected chi connectivity index (χ0v) is 11.3. The molecule has 100 valence electrons. The van der Waals surface area contributed by atoms with E-state index in [1.165, 1.54) is 0 Å². The van der Waals surface area contributed by atoms with Gasteiger partial charge in [-0.3, -0.25) is 4.79 Å². The normalized spacial score (nSPS) is 18.1. The predicted octanol–water partition coefficient (Wildman–Crippen LogP) is 1.31. The summed E-state index contributed by atoms with van der Waals surface area (Å²) in [5.74, 6) is 0.0915. The van der Waals surface area contributed by atoms with Crippen molar-refractivity contribution in [2.75, 3.05) is 26.2 Å². The third-order valence-electron chi connectivity index (χ3n) is 2.78. The molecule has 0 aromatic heterocycles. The van der Waals surface area contributed by atoms with Crippen LogP contribution in [0.1, 0.15) is 40.0 Å². The zero-order valence-electron chi connectivity index (χ0n) is 11.3. The molecule has 0 unspecified atom stereocenters. The Morgan fingerprint density at radius 2 is 2.00 bits per heavy atom. The molecule has 1 saturated heterocycles. The highest BCUT2D eigenvalue weighted by molar-refractivity contribution is 5.75. The van der Waals surface area contributed by atoms with Crippen LogP contribution >= 0.6 is 0 Å². The van der Waals surface area contributed by atoms with Gasteiger partial charge in [0.25, 0.3) is 0 Å². The molecule has 4 heteroatoms. The van der Waals surface area contributed by atoms with Gasteiger partial charge in [0.1, 0.15) is 0 Å². The lowest BCUT2D eigenvalue weighted by atomic mass is 9.97. The van der Waals surface area contributed by atoms with Gasteiger partial charge in [-0.2, -0.15) is 0 Å². The van der Waals surface area contributed by atoms with E-state index < -0.39 is 0 Å². The van der Waals surface area contributed by atoms with Gasteiger partial charge in [0.2, 0.25) is 5.91 Å². The van der Waals surface area contributed by atoms with Crippen molar-refractivity contribution < 1.29 is 9.53 Å². The molecule has 1 amide bonds. The van der Waals surface area contributed by atoms with Crippen LogP contribution in [0, 0.1) is 5.41 Å². The summed E-state index contributed by atoms with van der Waals surface area (Å²) in [6, 6.07) is 0. The Morgan fingerprint density at radius 1 is 1.35 bits per heavy atom. The van der Waals surface area contributed by atoms with Crippen LogP contribution < -0.4 is 10.6 Å². The molecule has 0 spiro atoms. The number of hydrogen-bond donors (Lipinski definition) is 2. The Morgan fingerprint density at radius 3 is 2.59 bits per heavy atom. The lowest BCUT2D eigenvalue weighted by molar-refractivity contribution is -0.123. The monoisotopic (exact) mass is 242 g/mol. The van der Waals surface area contributed by atoms with Gasteiger partial charge in [-0.25, -0.2) is 0 Å². The van der Waals surface area contributed by atoms with Crippen molar-refractivity contribution in [2.24, 2.45) is 5.41 Å². The molecule has 0 aromatic rings. The van der Waals surface area contributed by atoms with E-state index in [4.69, 9.17) is 4.74 Å². The molecular weight excluding hydrogens is 216 g/mol. The number of hydrogen-bond acceptors (Lipinski definition) is 3. The van der Waals surface area contributed by atoms with Gasteiger partial charge in [0.15, 0.2) is 0 Å². The second kappa shape index (κ2) is 6.97. The van der Waals surface area contributed by atoms with E-state index in [0.717, 1.165) is 32.5 Å². The number of rotatable bonds is 5. The van der Waals surface area contributed by atoms with Crippen molar-refractivity contribution in [3.05, 3.63) is 0 Å². The molecule has 1 aliphatic rings. The topological polar surface area (TPSA) is 50.4 Å². The van der Waals surface area contributed by atoms with E-state index in [1.807, 2.05) is 0 Å². The number of ether oxygens (including phenoxy) is 1. The van der Waals surface area contributed by atoms with Crippen molar-refractivity contribution in [2.45, 2.75) is 46.1 Å². The maximum absolute atomic E-state index is 11.5. The van der Waals surface area contributed by atoms with E-state index in [0.29, 0.717) is 19.1 Å². The average molecular weight is 242 g/mol. The highest BCUT2D eigenvalue weighted by atomic mass is 16.5. The van der Waals surface area contributed by atoms with Crippen molar-refractivity contribution in [1.82, 2.24) is 10.6 Å². The number of piperidine rings is 1. The average Bonchev–Trinajstić information content (AvgIpc) is 2.27. The van der Waals surface area contributed by atoms with Crippen LogP contribution in [0.2, 0.25) is 0 Å². The van der Waals surface area contributed by atoms with Gasteiger partial charge in [0, 0.05) is 13.0 Å². The van der Waals surface area contributed by atoms with Crippen LogP contribution in [-0.2, 0) is 9.53 Å². The predicted molar refractivity (Wildman–Crippen MR) is 68.9 cm³/mol. The van der Waals surface area contributed by atoms with Crippen LogP contribution in [0.3, 0.4) is 0 Å². The first-order valence-corrected chi connectivity index (χ1v) is 6.56. The second-order valence-electron chi connectivity index (χ2n) is 5.91. The van der Waals surface area contributed by atoms with E-state index in [9.17, 15) is 4.79 Å². The molecular formula is C13H26N2O2. The molecule has 0 radical (unpaired) electrons. The lowest BCUT2D eigenvalue weighted by Crippen LogP contribution is -2.35. The number of amides is 1. The molecule has 0 aromatic carbocycles. The van der Waals surface area contributed by atoms with Gasteiger partial charge in [0.05, 0.1) is 12.7 Å². The molecule has 1 fully saturated rings. The molecule has 0 bridgehead atoms. The largest absolute Gasteiger partial charge is 0.378 e. The first-order valence-electron chi connectivity index (χ1n) is 6.56. The minimum atomic E-state index is 0.0915. The zero-order chi connectivity index (χ0) is 12.7. The summed E-state index contributed by atoms with van der Waals surface area (Å²) in [6.07, 6.45) is 2.93. The molecule has 17 heavy (non-hydrogen) atoms. The first-order chi connectivity index (χ1) is 7.97. The number of carbonyl (C=O) groups is 1. The van der Waals surface area contributed by atoms with Crippen LogP contribution in [0.15, 0.2) is 0 Å². The summed E-state index contributed by atoms with van der Waals surface area (Å²) >= 11 is 0. The third-order valence-corrected chi connectivity index (χ3v) is 2.78. The Hall–Kier alpha value is -0.610. The SMILES string of the molecule is CC(C)(C)CNC(=O)CCOC1CCNCC1. The Labute approximate surface area is 104 Å². The van der Waals surface area contributed by atoms with Crippen molar-refractivity contribution in [1.29, 1.82) is 0 Å². The van der Waals surface area contributed by atoms with Crippen molar-refractivity contribution in [3.63, 3.8) is 0 Å². The highest BCUT2D eigenvalue weighted by Gasteiger charge is 2.14. The standard InChI is InChI=1S/C13H26N2O2/c1-13(2,3)10-15-12(16)6-9-17-11-4-7-14-8-5-11/h11,14H,4-10H2,1-3H3,(H,15,16). The third kappa shape index (κ3) is 7.34. The maximum Gasteiger partial charge on any atom is 0.222 e. The molecule has 2 N–H and O–H groups in total. The Kier molecular flexibility index (Phi) is 5.92. The summed E-state index contributed by atoms with van der Waals surface area (Å²) in [6.45, 7) is 9.65. The van der Waals surface area contributed by atoms with Crippen LogP contribution in [0.4, 0.5) is 0 Å². The Balaban J connectivity index is 2.03. The van der Waals surface area contributed by atoms with Crippen LogP contribution in [-0.4, -0.2) is 38.3 Å². The van der Waals surface area contributed by atoms with E-state index >= 15 is 0 Å². The maximum atomic E-state index is 11.5. The first kappa shape index (κ1) is 14.5. The highest BCUT2D eigenvalue weighted by Crippen LogP contribution is 2.10. The minimum absolute atomic E-state index is 0.0915. The van der Waals surface area contributed by atoms with E-state index in [-0.39, 0.29) is 11.3 Å². The lowest BCUT2D eigenvalue weighted by Gasteiger charge is -2.23. The summed E-state index contributed by atoms with van der Waals surface area (Å²) in [7, 11) is 0. The van der Waals surface area contributed by atoms with Gasteiger partial charge in [-0.1, -0.05) is 20.8 Å². The van der Waals surface area contributed by atoms with Gasteiger partial charge < -0.3 is 15.4 Å². The summed E-state index contributed by atoms with van der Waals surface area (Å²) in [5.41, 5.74) is 0.144. The van der Waals surface area contributed by atoms with E-state index in [2.05, 4.69) is 31.4 Å². The fourth-order valence-corrected chi connectivity index (χ4v) is 1.73. The second-order valence-corrected chi connectivity index (χ2v) is 5.91. The Bertz CT molecular complexity index is 230. The summed E-state index contributed by atoms with van der Waals surface area (Å²) in [4.78, 5) is 11.5. The number of nitrogens with one attached hydrogen (secondary N) is 2. The van der Waals surface area contributed by atoms with Crippen LogP contribution in [0.25, 0.3) is 0 Å². The molecule has 0 aliphatic carbocycles. The number of carbonyl (C=O) groups excluding carboxylic acids is 1. The molecule has 1 aliphatic heterocycles. The molecule has 1 rings (SSSR count). The van der Waals surface area contributed by atoms with Crippen LogP contribution in [0.5, 0.6) is 0 Å². The summed E-state index contributed by atoms with van der Waals surface area (Å²) < 4.78 is 5.68. The minimum Gasteiger partial charge on any atom is -0.378 e. The van der Waals surface area contributed by atoms with Crippen molar-refractivity contribution >= 4 is 5.91 Å². The van der Waals surface area contributed by atoms with Crippen molar-refractivity contribution in [3.8, 4) is 0 Å². The molecule has 4 nitrogen and oxygen atoms in total.